The molecule has 0 aromatic carbocycles. The van der Waals surface area contributed by atoms with E-state index in [1.807, 2.05) is 0 Å². The number of likely N-dealkylation sites (N-methyl/N-ethyl adjacent to an activating group) is 1. The molecule has 0 heterocycles. The van der Waals surface area contributed by atoms with Crippen LogP contribution in [0.25, 0.3) is 0 Å². The number of aliphatic carboxylic acids is 1. The summed E-state index contributed by atoms with van der Waals surface area (Å²) < 4.78 is 0. The van der Waals surface area contributed by atoms with Crippen molar-refractivity contribution in [2.75, 3.05) is 20.1 Å². The molecule has 0 radical (unpaired) electrons. The zero-order valence-corrected chi connectivity index (χ0v) is 13.0. The lowest BCUT2D eigenvalue weighted by molar-refractivity contribution is -0.147. The number of carbonyl (C=O) groups is 1. The fourth-order valence-electron chi connectivity index (χ4n) is 3.62. The minimum Gasteiger partial charge on any atom is -0.480 e. The van der Waals surface area contributed by atoms with Crippen molar-refractivity contribution in [3.05, 3.63) is 0 Å². The third-order valence-electron chi connectivity index (χ3n) is 5.04. The summed E-state index contributed by atoms with van der Waals surface area (Å²) in [5.74, 6) is -0.339. The van der Waals surface area contributed by atoms with Crippen LogP contribution in [0.1, 0.15) is 58.3 Å². The van der Waals surface area contributed by atoms with Crippen LogP contribution < -0.4 is 5.32 Å². The van der Waals surface area contributed by atoms with E-state index in [0.29, 0.717) is 18.5 Å². The van der Waals surface area contributed by atoms with E-state index in [2.05, 4.69) is 24.2 Å². The second-order valence-electron chi connectivity index (χ2n) is 6.68. The molecule has 2 aliphatic carbocycles. The molecule has 2 fully saturated rings. The number of carboxylic acids is 1. The van der Waals surface area contributed by atoms with Crippen LogP contribution >= 0.6 is 0 Å². The molecule has 2 aliphatic rings. The number of carboxylic acid groups (broad SMARTS) is 1. The molecule has 2 N–H and O–H groups in total. The van der Waals surface area contributed by atoms with Crippen molar-refractivity contribution >= 4 is 5.97 Å². The Kier molecular flexibility index (Phi) is 5.44. The van der Waals surface area contributed by atoms with Crippen molar-refractivity contribution in [1.82, 2.24) is 10.2 Å². The summed E-state index contributed by atoms with van der Waals surface area (Å²) >= 11 is 0. The lowest BCUT2D eigenvalue weighted by Crippen LogP contribution is -2.61. The molecule has 0 spiro atoms. The maximum atomic E-state index is 11.9. The second-order valence-corrected chi connectivity index (χ2v) is 6.68. The van der Waals surface area contributed by atoms with E-state index in [0.717, 1.165) is 25.8 Å². The first-order chi connectivity index (χ1) is 9.60. The van der Waals surface area contributed by atoms with E-state index in [4.69, 9.17) is 0 Å². The standard InChI is InChI=1S/C16H30N2O2/c1-3-11-17-16(15(19)20,13-9-10-13)12-18(2)14-7-5-4-6-8-14/h13-14,17H,3-12H2,1-2H3,(H,19,20). The van der Waals surface area contributed by atoms with Crippen molar-refractivity contribution in [2.24, 2.45) is 5.92 Å². The van der Waals surface area contributed by atoms with Crippen LogP contribution in [0, 0.1) is 5.92 Å². The fourth-order valence-corrected chi connectivity index (χ4v) is 3.62. The van der Waals surface area contributed by atoms with Gasteiger partial charge in [0.1, 0.15) is 5.54 Å². The predicted octanol–water partition coefficient (Wildman–Crippen LogP) is 2.48. The first-order valence-corrected chi connectivity index (χ1v) is 8.29. The SMILES string of the molecule is CCCNC(CN(C)C1CCCCC1)(C(=O)O)C1CC1. The third-order valence-corrected chi connectivity index (χ3v) is 5.04. The van der Waals surface area contributed by atoms with Gasteiger partial charge in [-0.25, -0.2) is 0 Å². The molecule has 2 saturated carbocycles. The normalized spacial score (nSPS) is 23.8. The van der Waals surface area contributed by atoms with E-state index >= 15 is 0 Å². The maximum Gasteiger partial charge on any atom is 0.325 e. The van der Waals surface area contributed by atoms with Gasteiger partial charge in [-0.1, -0.05) is 26.2 Å². The van der Waals surface area contributed by atoms with Gasteiger partial charge in [0.15, 0.2) is 0 Å². The summed E-state index contributed by atoms with van der Waals surface area (Å²) in [5, 5.41) is 13.2. The minimum absolute atomic E-state index is 0.317. The molecule has 4 nitrogen and oxygen atoms in total. The highest BCUT2D eigenvalue weighted by Crippen LogP contribution is 2.41. The molecular formula is C16H30N2O2. The van der Waals surface area contributed by atoms with Gasteiger partial charge >= 0.3 is 5.97 Å². The number of rotatable bonds is 8. The Balaban J connectivity index is 2.03. The lowest BCUT2D eigenvalue weighted by Gasteiger charge is -2.39. The van der Waals surface area contributed by atoms with Gasteiger partial charge in [-0.05, 0) is 51.6 Å². The van der Waals surface area contributed by atoms with Gasteiger partial charge in [0, 0.05) is 12.6 Å². The van der Waals surface area contributed by atoms with Gasteiger partial charge < -0.3 is 15.3 Å². The summed E-state index contributed by atoms with van der Waals surface area (Å²) in [6.45, 7) is 3.54. The Bertz CT molecular complexity index is 324. The van der Waals surface area contributed by atoms with Crippen LogP contribution in [-0.2, 0) is 4.79 Å². The van der Waals surface area contributed by atoms with Crippen LogP contribution in [0.3, 0.4) is 0 Å². The van der Waals surface area contributed by atoms with Gasteiger partial charge in [0.25, 0.3) is 0 Å². The molecule has 0 aromatic heterocycles. The van der Waals surface area contributed by atoms with Crippen molar-refractivity contribution in [2.45, 2.75) is 69.9 Å². The number of nitrogens with zero attached hydrogens (tertiary/aromatic N) is 1. The van der Waals surface area contributed by atoms with Crippen LogP contribution in [-0.4, -0.2) is 47.7 Å². The summed E-state index contributed by atoms with van der Waals surface area (Å²) in [6.07, 6.45) is 9.47. The van der Waals surface area contributed by atoms with Crippen molar-refractivity contribution in [3.8, 4) is 0 Å². The van der Waals surface area contributed by atoms with Crippen LogP contribution in [0.4, 0.5) is 0 Å². The number of nitrogens with one attached hydrogen (secondary N) is 1. The van der Waals surface area contributed by atoms with E-state index in [-0.39, 0.29) is 0 Å². The zero-order chi connectivity index (χ0) is 14.6. The number of hydrogen-bond donors (Lipinski definition) is 2. The summed E-state index contributed by atoms with van der Waals surface area (Å²) in [4.78, 5) is 14.3. The molecular weight excluding hydrogens is 252 g/mol. The predicted molar refractivity (Wildman–Crippen MR) is 80.9 cm³/mol. The van der Waals surface area contributed by atoms with E-state index in [1.54, 1.807) is 0 Å². The number of hydrogen-bond acceptors (Lipinski definition) is 3. The van der Waals surface area contributed by atoms with Gasteiger partial charge in [-0.3, -0.25) is 4.79 Å². The Morgan fingerprint density at radius 2 is 1.90 bits per heavy atom. The quantitative estimate of drug-likeness (QED) is 0.718. The zero-order valence-electron chi connectivity index (χ0n) is 13.0. The highest BCUT2D eigenvalue weighted by atomic mass is 16.4. The van der Waals surface area contributed by atoms with Gasteiger partial charge in [-0.2, -0.15) is 0 Å². The Hall–Kier alpha value is -0.610. The highest BCUT2D eigenvalue weighted by molar-refractivity contribution is 5.80. The Morgan fingerprint density at radius 3 is 2.40 bits per heavy atom. The molecule has 116 valence electrons. The van der Waals surface area contributed by atoms with Crippen molar-refractivity contribution in [1.29, 1.82) is 0 Å². The monoisotopic (exact) mass is 282 g/mol. The third kappa shape index (κ3) is 3.53. The van der Waals surface area contributed by atoms with Crippen LogP contribution in [0.2, 0.25) is 0 Å². The smallest absolute Gasteiger partial charge is 0.325 e. The average Bonchev–Trinajstić information content (AvgIpc) is 3.28. The molecule has 2 rings (SSSR count). The van der Waals surface area contributed by atoms with Crippen molar-refractivity contribution < 1.29 is 9.90 Å². The second kappa shape index (κ2) is 6.90. The first-order valence-electron chi connectivity index (χ1n) is 8.29. The van der Waals surface area contributed by atoms with Crippen molar-refractivity contribution in [3.63, 3.8) is 0 Å². The molecule has 0 bridgehead atoms. The van der Waals surface area contributed by atoms with E-state index in [9.17, 15) is 9.90 Å². The van der Waals surface area contributed by atoms with E-state index < -0.39 is 11.5 Å². The van der Waals surface area contributed by atoms with E-state index in [1.165, 1.54) is 32.1 Å². The Labute approximate surface area is 122 Å². The molecule has 0 amide bonds. The molecule has 1 unspecified atom stereocenters. The fraction of sp³-hybridized carbons (Fsp3) is 0.938. The topological polar surface area (TPSA) is 52.6 Å². The summed E-state index contributed by atoms with van der Waals surface area (Å²) in [6, 6.07) is 0.574. The first kappa shape index (κ1) is 15.8. The molecule has 0 saturated heterocycles. The minimum atomic E-state index is -0.720. The largest absolute Gasteiger partial charge is 0.480 e. The summed E-state index contributed by atoms with van der Waals surface area (Å²) in [7, 11) is 2.11. The molecule has 0 aliphatic heterocycles. The Morgan fingerprint density at radius 1 is 1.25 bits per heavy atom. The average molecular weight is 282 g/mol. The highest BCUT2D eigenvalue weighted by Gasteiger charge is 2.51. The van der Waals surface area contributed by atoms with Gasteiger partial charge in [-0.15, -0.1) is 0 Å². The van der Waals surface area contributed by atoms with Gasteiger partial charge in [0.2, 0.25) is 0 Å². The van der Waals surface area contributed by atoms with Crippen LogP contribution in [0.15, 0.2) is 0 Å². The van der Waals surface area contributed by atoms with Gasteiger partial charge in [0.05, 0.1) is 0 Å². The maximum absolute atomic E-state index is 11.9. The molecule has 0 aromatic rings. The molecule has 20 heavy (non-hydrogen) atoms. The summed E-state index contributed by atoms with van der Waals surface area (Å²) in [5.41, 5.74) is -0.720. The molecule has 1 atom stereocenters. The lowest BCUT2D eigenvalue weighted by atomic mass is 9.89. The van der Waals surface area contributed by atoms with Crippen LogP contribution in [0.5, 0.6) is 0 Å². The molecule has 4 heteroatoms.